The molecular weight excluding hydrogens is 274 g/mol. The van der Waals surface area contributed by atoms with E-state index in [0.717, 1.165) is 12.0 Å². The van der Waals surface area contributed by atoms with Crippen molar-refractivity contribution in [3.05, 3.63) is 71.8 Å². The monoisotopic (exact) mass is 297 g/mol. The molecule has 0 saturated heterocycles. The van der Waals surface area contributed by atoms with Crippen LogP contribution in [0.4, 0.5) is 0 Å². The average Bonchev–Trinajstić information content (AvgIpc) is 2.55. The highest BCUT2D eigenvalue weighted by atomic mass is 16.4. The van der Waals surface area contributed by atoms with Crippen molar-refractivity contribution < 1.29 is 9.90 Å². The van der Waals surface area contributed by atoms with Crippen LogP contribution in [-0.2, 0) is 11.2 Å². The van der Waals surface area contributed by atoms with Gasteiger partial charge in [0.1, 0.15) is 6.04 Å². The summed E-state index contributed by atoms with van der Waals surface area (Å²) in [5.41, 5.74) is 2.33. The minimum absolute atomic E-state index is 0.417. The van der Waals surface area contributed by atoms with E-state index in [0.29, 0.717) is 18.9 Å². The Morgan fingerprint density at radius 2 is 1.64 bits per heavy atom. The van der Waals surface area contributed by atoms with Crippen LogP contribution in [-0.4, -0.2) is 23.7 Å². The molecule has 2 rings (SSSR count). The van der Waals surface area contributed by atoms with Gasteiger partial charge in [0.25, 0.3) is 0 Å². The lowest BCUT2D eigenvalue weighted by Gasteiger charge is -2.17. The van der Waals surface area contributed by atoms with Crippen LogP contribution in [0.15, 0.2) is 60.7 Å². The van der Waals surface area contributed by atoms with Crippen molar-refractivity contribution >= 4 is 5.97 Å². The number of carboxylic acid groups (broad SMARTS) is 1. The second-order valence-electron chi connectivity index (χ2n) is 5.64. The van der Waals surface area contributed by atoms with Crippen LogP contribution in [0.1, 0.15) is 30.4 Å². The average molecular weight is 297 g/mol. The largest absolute Gasteiger partial charge is 0.480 e. The smallest absolute Gasteiger partial charge is 0.321 e. The first-order valence-corrected chi connectivity index (χ1v) is 7.72. The van der Waals surface area contributed by atoms with Gasteiger partial charge in [0.2, 0.25) is 0 Å². The number of aliphatic carboxylic acids is 1. The van der Waals surface area contributed by atoms with Crippen LogP contribution in [0.5, 0.6) is 0 Å². The van der Waals surface area contributed by atoms with E-state index in [4.69, 9.17) is 0 Å². The van der Waals surface area contributed by atoms with Crippen LogP contribution in [0.2, 0.25) is 0 Å². The minimum atomic E-state index is -0.795. The van der Waals surface area contributed by atoms with Crippen molar-refractivity contribution in [3.8, 4) is 0 Å². The van der Waals surface area contributed by atoms with E-state index in [1.54, 1.807) is 0 Å². The van der Waals surface area contributed by atoms with Crippen LogP contribution >= 0.6 is 0 Å². The Bertz CT molecular complexity index is 569. The van der Waals surface area contributed by atoms with E-state index < -0.39 is 12.0 Å². The van der Waals surface area contributed by atoms with Crippen molar-refractivity contribution in [1.29, 1.82) is 0 Å². The summed E-state index contributed by atoms with van der Waals surface area (Å²) in [4.78, 5) is 11.4. The predicted octanol–water partition coefficient (Wildman–Crippen LogP) is 3.47. The van der Waals surface area contributed by atoms with Gasteiger partial charge in [-0.05, 0) is 36.4 Å². The zero-order chi connectivity index (χ0) is 15.8. The quantitative estimate of drug-likeness (QED) is 0.784. The summed E-state index contributed by atoms with van der Waals surface area (Å²) in [6, 6.07) is 19.5. The van der Waals surface area contributed by atoms with Crippen LogP contribution in [0.25, 0.3) is 0 Å². The van der Waals surface area contributed by atoms with Crippen molar-refractivity contribution in [2.24, 2.45) is 0 Å². The van der Waals surface area contributed by atoms with Gasteiger partial charge in [-0.2, -0.15) is 0 Å². The Hall–Kier alpha value is -2.13. The minimum Gasteiger partial charge on any atom is -0.480 e. The third-order valence-electron chi connectivity index (χ3n) is 3.92. The first kappa shape index (κ1) is 16.2. The Balaban J connectivity index is 1.83. The molecule has 0 aromatic heterocycles. The SMILES string of the molecule is CC(CCN[C@@H](Cc1ccccc1)C(=O)O)c1ccccc1. The second kappa shape index (κ2) is 8.35. The fraction of sp³-hybridized carbons (Fsp3) is 0.316. The second-order valence-corrected chi connectivity index (χ2v) is 5.64. The lowest BCUT2D eigenvalue weighted by atomic mass is 9.97. The third-order valence-corrected chi connectivity index (χ3v) is 3.92. The molecule has 2 aromatic rings. The van der Waals surface area contributed by atoms with Gasteiger partial charge in [-0.15, -0.1) is 0 Å². The normalized spacial score (nSPS) is 13.5. The molecular formula is C19H23NO2. The fourth-order valence-corrected chi connectivity index (χ4v) is 2.52. The van der Waals surface area contributed by atoms with Gasteiger partial charge in [0.05, 0.1) is 0 Å². The highest BCUT2D eigenvalue weighted by Gasteiger charge is 2.17. The van der Waals surface area contributed by atoms with Gasteiger partial charge in [0.15, 0.2) is 0 Å². The van der Waals surface area contributed by atoms with Gasteiger partial charge < -0.3 is 10.4 Å². The highest BCUT2D eigenvalue weighted by molar-refractivity contribution is 5.73. The molecule has 3 heteroatoms. The first-order chi connectivity index (χ1) is 10.7. The number of carbonyl (C=O) groups is 1. The summed E-state index contributed by atoms with van der Waals surface area (Å²) in [6.07, 6.45) is 1.43. The van der Waals surface area contributed by atoms with Crippen molar-refractivity contribution in [2.75, 3.05) is 6.54 Å². The van der Waals surface area contributed by atoms with Crippen molar-refractivity contribution in [2.45, 2.75) is 31.7 Å². The van der Waals surface area contributed by atoms with Crippen molar-refractivity contribution in [3.63, 3.8) is 0 Å². The molecule has 0 fully saturated rings. The molecule has 0 bridgehead atoms. The maximum Gasteiger partial charge on any atom is 0.321 e. The van der Waals surface area contributed by atoms with Crippen LogP contribution < -0.4 is 5.32 Å². The van der Waals surface area contributed by atoms with Gasteiger partial charge in [0, 0.05) is 0 Å². The lowest BCUT2D eigenvalue weighted by molar-refractivity contribution is -0.139. The summed E-state index contributed by atoms with van der Waals surface area (Å²) < 4.78 is 0. The number of carboxylic acids is 1. The van der Waals surface area contributed by atoms with E-state index in [1.165, 1.54) is 5.56 Å². The van der Waals surface area contributed by atoms with E-state index >= 15 is 0 Å². The van der Waals surface area contributed by atoms with E-state index in [1.807, 2.05) is 48.5 Å². The maximum atomic E-state index is 11.4. The predicted molar refractivity (Wildman–Crippen MR) is 89.0 cm³/mol. The van der Waals surface area contributed by atoms with Gasteiger partial charge >= 0.3 is 5.97 Å². The molecule has 3 nitrogen and oxygen atoms in total. The number of rotatable bonds is 8. The van der Waals surface area contributed by atoms with Crippen LogP contribution in [0, 0.1) is 0 Å². The number of benzene rings is 2. The summed E-state index contributed by atoms with van der Waals surface area (Å²) >= 11 is 0. The molecule has 116 valence electrons. The maximum absolute atomic E-state index is 11.4. The molecule has 0 radical (unpaired) electrons. The molecule has 1 unspecified atom stereocenters. The molecule has 0 aliphatic rings. The molecule has 2 aromatic carbocycles. The molecule has 0 amide bonds. The molecule has 2 N–H and O–H groups in total. The summed E-state index contributed by atoms with van der Waals surface area (Å²) in [6.45, 7) is 2.86. The van der Waals surface area contributed by atoms with E-state index in [2.05, 4.69) is 24.4 Å². The molecule has 0 aliphatic heterocycles. The standard InChI is InChI=1S/C19H23NO2/c1-15(17-10-6-3-7-11-17)12-13-20-18(19(21)22)14-16-8-4-2-5-9-16/h2-11,15,18,20H,12-14H2,1H3,(H,21,22)/t15?,18-/m0/s1. The molecule has 2 atom stereocenters. The Kier molecular flexibility index (Phi) is 6.16. The number of hydrogen-bond acceptors (Lipinski definition) is 2. The summed E-state index contributed by atoms with van der Waals surface area (Å²) in [7, 11) is 0. The number of hydrogen-bond donors (Lipinski definition) is 2. The lowest BCUT2D eigenvalue weighted by Crippen LogP contribution is -2.39. The van der Waals surface area contributed by atoms with Gasteiger partial charge in [-0.25, -0.2) is 0 Å². The fourth-order valence-electron chi connectivity index (χ4n) is 2.52. The zero-order valence-corrected chi connectivity index (χ0v) is 12.9. The molecule has 0 aliphatic carbocycles. The summed E-state index contributed by atoms with van der Waals surface area (Å²) in [5, 5.41) is 12.5. The molecule has 0 saturated carbocycles. The molecule has 22 heavy (non-hydrogen) atoms. The zero-order valence-electron chi connectivity index (χ0n) is 12.9. The van der Waals surface area contributed by atoms with Gasteiger partial charge in [-0.3, -0.25) is 4.79 Å². The van der Waals surface area contributed by atoms with E-state index in [-0.39, 0.29) is 0 Å². The molecule has 0 heterocycles. The van der Waals surface area contributed by atoms with Crippen molar-refractivity contribution in [1.82, 2.24) is 5.32 Å². The number of nitrogens with one attached hydrogen (secondary N) is 1. The topological polar surface area (TPSA) is 49.3 Å². The van der Waals surface area contributed by atoms with Crippen LogP contribution in [0.3, 0.4) is 0 Å². The third kappa shape index (κ3) is 5.01. The van der Waals surface area contributed by atoms with E-state index in [9.17, 15) is 9.90 Å². The Morgan fingerprint density at radius 3 is 2.23 bits per heavy atom. The Morgan fingerprint density at radius 1 is 1.05 bits per heavy atom. The summed E-state index contributed by atoms with van der Waals surface area (Å²) in [5.74, 6) is -0.379. The van der Waals surface area contributed by atoms with Gasteiger partial charge in [-0.1, -0.05) is 67.6 Å². The first-order valence-electron chi connectivity index (χ1n) is 7.72. The molecule has 0 spiro atoms. The Labute approximate surface area is 132 Å². The highest BCUT2D eigenvalue weighted by Crippen LogP contribution is 2.17.